The van der Waals surface area contributed by atoms with Gasteiger partial charge in [-0.15, -0.1) is 0 Å². The van der Waals surface area contributed by atoms with Gasteiger partial charge in [0.2, 0.25) is 0 Å². The third kappa shape index (κ3) is 2.18. The Morgan fingerprint density at radius 1 is 1.82 bits per heavy atom. The maximum atomic E-state index is 11.3. The van der Waals surface area contributed by atoms with Crippen LogP contribution in [0.5, 0.6) is 0 Å². The molecule has 1 heterocycles. The first-order valence-electron chi connectivity index (χ1n) is 4.20. The van der Waals surface area contributed by atoms with Crippen molar-refractivity contribution in [3.8, 4) is 0 Å². The number of hydrogen-bond acceptors (Lipinski definition) is 2. The molecule has 0 bridgehead atoms. The normalized spacial score (nSPS) is 25.0. The van der Waals surface area contributed by atoms with E-state index in [-0.39, 0.29) is 6.04 Å². The number of carbonyl (C=O) groups excluding carboxylic acids is 1. The predicted molar refractivity (Wildman–Crippen MR) is 47.9 cm³/mol. The van der Waals surface area contributed by atoms with Crippen molar-refractivity contribution in [1.82, 2.24) is 2.71 Å². The van der Waals surface area contributed by atoms with Crippen molar-refractivity contribution >= 4 is 33.9 Å². The fourth-order valence-corrected chi connectivity index (χ4v) is 5.22. The molecule has 0 saturated carbocycles. The molecule has 0 aliphatic carbocycles. The van der Waals surface area contributed by atoms with Crippen LogP contribution in [0, 0.1) is 0 Å². The number of nitrogens with zero attached hydrogens (tertiary/aromatic N) is 1. The Bertz CT molecular complexity index is 169. The van der Waals surface area contributed by atoms with E-state index in [4.69, 9.17) is 0 Å². The second-order valence-corrected chi connectivity index (χ2v) is 6.90. The molecule has 3 heteroatoms. The van der Waals surface area contributed by atoms with Gasteiger partial charge in [-0.05, 0) is 0 Å². The zero-order chi connectivity index (χ0) is 8.27. The summed E-state index contributed by atoms with van der Waals surface area (Å²) in [7, 11) is 0. The topological polar surface area (TPSA) is 20.3 Å². The van der Waals surface area contributed by atoms with Gasteiger partial charge in [0.15, 0.2) is 0 Å². The Balaban J connectivity index is 2.56. The summed E-state index contributed by atoms with van der Waals surface area (Å²) in [6.07, 6.45) is 3.01. The van der Waals surface area contributed by atoms with Crippen LogP contribution in [0.1, 0.15) is 26.2 Å². The van der Waals surface area contributed by atoms with E-state index in [9.17, 15) is 4.79 Å². The summed E-state index contributed by atoms with van der Waals surface area (Å²) < 4.78 is 6.40. The van der Waals surface area contributed by atoms with E-state index in [0.717, 1.165) is 13.0 Å². The summed E-state index contributed by atoms with van der Waals surface area (Å²) in [6, 6.07) is 0.285. The molecule has 11 heavy (non-hydrogen) atoms. The van der Waals surface area contributed by atoms with Gasteiger partial charge in [-0.2, -0.15) is 0 Å². The summed E-state index contributed by atoms with van der Waals surface area (Å²) in [5.74, 6) is 0.433. The first-order valence-corrected chi connectivity index (χ1v) is 9.38. The van der Waals surface area contributed by atoms with E-state index in [1.807, 2.05) is 6.92 Å². The summed E-state index contributed by atoms with van der Waals surface area (Å²) in [5.41, 5.74) is 0. The maximum absolute atomic E-state index is 11.3. The molecule has 0 N–H and O–H groups in total. The van der Waals surface area contributed by atoms with E-state index >= 15 is 0 Å². The first-order chi connectivity index (χ1) is 5.29. The molecule has 1 rings (SSSR count). The number of hydrogen-bond donors (Lipinski definition) is 0. The van der Waals surface area contributed by atoms with Crippen molar-refractivity contribution in [2.24, 2.45) is 0 Å². The number of ketones is 1. The fourth-order valence-electron chi connectivity index (χ4n) is 1.59. The van der Waals surface area contributed by atoms with E-state index < -0.39 is 24.0 Å². The van der Waals surface area contributed by atoms with Crippen molar-refractivity contribution in [1.29, 1.82) is 0 Å². The predicted octanol–water partition coefficient (Wildman–Crippen LogP) is 0.481. The Morgan fingerprint density at radius 2 is 2.55 bits per heavy atom. The van der Waals surface area contributed by atoms with Gasteiger partial charge in [-0.1, -0.05) is 0 Å². The summed E-state index contributed by atoms with van der Waals surface area (Å²) >= 11 is -0.907. The van der Waals surface area contributed by atoms with Crippen molar-refractivity contribution in [3.05, 3.63) is 0 Å². The Labute approximate surface area is 80.1 Å². The van der Waals surface area contributed by atoms with Gasteiger partial charge >= 0.3 is 80.2 Å². The van der Waals surface area contributed by atoms with Gasteiger partial charge in [0, 0.05) is 0 Å². The molecule has 0 radical (unpaired) electrons. The molecule has 0 aromatic carbocycles. The second-order valence-electron chi connectivity index (χ2n) is 2.90. The van der Waals surface area contributed by atoms with Crippen LogP contribution in [-0.2, 0) is 4.79 Å². The van der Waals surface area contributed by atoms with Crippen LogP contribution in [0.2, 0.25) is 0 Å². The van der Waals surface area contributed by atoms with Crippen LogP contribution < -0.4 is 0 Å². The monoisotopic (exact) mass is 345 g/mol. The van der Waals surface area contributed by atoms with Crippen LogP contribution in [-0.4, -0.2) is 49.2 Å². The fraction of sp³-hybridized carbons (Fsp3) is 0.750. The number of rotatable bonds is 3. The van der Waals surface area contributed by atoms with E-state index in [1.54, 1.807) is 0 Å². The molecule has 1 saturated heterocycles. The molecule has 1 atom stereocenters. The quantitative estimate of drug-likeness (QED) is 0.694. The van der Waals surface area contributed by atoms with Crippen molar-refractivity contribution in [3.63, 3.8) is 0 Å². The molecule has 0 amide bonds. The van der Waals surface area contributed by atoms with E-state index in [2.05, 4.69) is 6.77 Å². The zero-order valence-electron chi connectivity index (χ0n) is 7.05. The van der Waals surface area contributed by atoms with Crippen molar-refractivity contribution in [2.75, 3.05) is 6.54 Å². The van der Waals surface area contributed by atoms with Crippen LogP contribution in [0.25, 0.3) is 0 Å². The van der Waals surface area contributed by atoms with Gasteiger partial charge in [-0.3, -0.25) is 0 Å². The Morgan fingerprint density at radius 3 is 3.09 bits per heavy atom. The molecule has 1 aliphatic rings. The third-order valence-corrected chi connectivity index (χ3v) is 6.47. The molecule has 0 spiro atoms. The van der Waals surface area contributed by atoms with Gasteiger partial charge in [0.1, 0.15) is 0 Å². The molecule has 60 valence electrons. The molecule has 2 nitrogen and oxygen atoms in total. The Hall–Kier alpha value is 0.422. The molecule has 1 aliphatic heterocycles. The molecule has 1 fully saturated rings. The third-order valence-electron chi connectivity index (χ3n) is 2.25. The van der Waals surface area contributed by atoms with E-state index in [0.29, 0.717) is 12.2 Å². The van der Waals surface area contributed by atoms with Gasteiger partial charge in [0.05, 0.1) is 0 Å². The minimum atomic E-state index is -0.907. The van der Waals surface area contributed by atoms with Crippen LogP contribution in [0.3, 0.4) is 0 Å². The standard InChI is InChI=1S/C7H12NO.CH2.Tl/c1-2-7(9)6-4-3-5-8-6;;/h6H,2-5H2,1H3;1H2;/q-1;;+1/t6-;;/m0../s1. The molecular formula is C8H14NOTl. The number of carbonyl (C=O) groups is 1. The molecular weight excluding hydrogens is 330 g/mol. The molecule has 0 aromatic rings. The summed E-state index contributed by atoms with van der Waals surface area (Å²) in [6.45, 7) is 3.10. The van der Waals surface area contributed by atoms with Gasteiger partial charge in [0.25, 0.3) is 0 Å². The van der Waals surface area contributed by atoms with Crippen LogP contribution in [0.15, 0.2) is 0 Å². The van der Waals surface area contributed by atoms with Crippen LogP contribution >= 0.6 is 0 Å². The zero-order valence-corrected chi connectivity index (χ0v) is 11.5. The van der Waals surface area contributed by atoms with Gasteiger partial charge in [-0.25, -0.2) is 0 Å². The Kier molecular flexibility index (Phi) is 3.85. The van der Waals surface area contributed by atoms with Crippen molar-refractivity contribution < 1.29 is 4.79 Å². The minimum absolute atomic E-state index is 0.285. The molecule has 0 aromatic heterocycles. The second kappa shape index (κ2) is 4.45. The summed E-state index contributed by atoms with van der Waals surface area (Å²) in [5, 5.41) is 0. The van der Waals surface area contributed by atoms with Crippen molar-refractivity contribution in [2.45, 2.75) is 32.2 Å². The SMILES string of the molecule is [CH2]=[Tl][N]1CCC[C@H]1C(=O)CC. The summed E-state index contributed by atoms with van der Waals surface area (Å²) in [4.78, 5) is 11.3. The van der Waals surface area contributed by atoms with E-state index in [1.165, 1.54) is 6.42 Å². The average molecular weight is 345 g/mol. The average Bonchev–Trinajstić information content (AvgIpc) is 2.50. The van der Waals surface area contributed by atoms with Crippen LogP contribution in [0.4, 0.5) is 0 Å². The first kappa shape index (κ1) is 9.51. The molecule has 0 unspecified atom stereocenters. The number of Topliss-reactive ketones (excluding diaryl/α,β-unsaturated/α-hetero) is 1. The van der Waals surface area contributed by atoms with Gasteiger partial charge < -0.3 is 0 Å².